The average Bonchev–Trinajstić information content (AvgIpc) is 3.08. The van der Waals surface area contributed by atoms with Crippen LogP contribution in [0.4, 0.5) is 4.79 Å². The number of carbonyl (C=O) groups excluding carboxylic acids is 1. The van der Waals surface area contributed by atoms with Gasteiger partial charge in [-0.2, -0.15) is 0 Å². The SMILES string of the molecule is CCC(CC)NC(=O)N1CCC(NS(=O)(=O)c2cccs2)CC1. The molecule has 2 N–H and O–H groups in total. The zero-order valence-corrected chi connectivity index (χ0v) is 15.3. The molecule has 1 fully saturated rings. The fourth-order valence-electron chi connectivity index (χ4n) is 2.65. The van der Waals surface area contributed by atoms with E-state index in [1.165, 1.54) is 11.3 Å². The molecule has 1 aromatic heterocycles. The topological polar surface area (TPSA) is 78.5 Å². The summed E-state index contributed by atoms with van der Waals surface area (Å²) in [7, 11) is -3.43. The predicted octanol–water partition coefficient (Wildman–Crippen LogP) is 2.39. The van der Waals surface area contributed by atoms with E-state index in [1.807, 2.05) is 0 Å². The number of hydrogen-bond donors (Lipinski definition) is 2. The lowest BCUT2D eigenvalue weighted by Crippen LogP contribution is -2.51. The van der Waals surface area contributed by atoms with Gasteiger partial charge in [0.1, 0.15) is 4.21 Å². The Morgan fingerprint density at radius 3 is 2.52 bits per heavy atom. The van der Waals surface area contributed by atoms with Gasteiger partial charge in [0.05, 0.1) is 0 Å². The van der Waals surface area contributed by atoms with Gasteiger partial charge in [-0.1, -0.05) is 19.9 Å². The summed E-state index contributed by atoms with van der Waals surface area (Å²) in [6, 6.07) is 3.38. The molecule has 0 saturated carbocycles. The lowest BCUT2D eigenvalue weighted by molar-refractivity contribution is 0.175. The van der Waals surface area contributed by atoms with E-state index in [4.69, 9.17) is 0 Å². The summed E-state index contributed by atoms with van der Waals surface area (Å²) in [5, 5.41) is 4.77. The fraction of sp³-hybridized carbons (Fsp3) is 0.667. The van der Waals surface area contributed by atoms with Gasteiger partial charge in [-0.3, -0.25) is 0 Å². The highest BCUT2D eigenvalue weighted by atomic mass is 32.2. The fourth-order valence-corrected chi connectivity index (χ4v) is 4.97. The molecule has 6 nitrogen and oxygen atoms in total. The van der Waals surface area contributed by atoms with Crippen LogP contribution in [0.2, 0.25) is 0 Å². The summed E-state index contributed by atoms with van der Waals surface area (Å²) >= 11 is 1.21. The van der Waals surface area contributed by atoms with Crippen LogP contribution in [0.1, 0.15) is 39.5 Å². The number of urea groups is 1. The van der Waals surface area contributed by atoms with Crippen molar-refractivity contribution in [2.75, 3.05) is 13.1 Å². The maximum absolute atomic E-state index is 12.2. The molecule has 130 valence electrons. The van der Waals surface area contributed by atoms with Crippen LogP contribution in [0, 0.1) is 0 Å². The quantitative estimate of drug-likeness (QED) is 0.818. The summed E-state index contributed by atoms with van der Waals surface area (Å²) in [5.41, 5.74) is 0. The van der Waals surface area contributed by atoms with E-state index in [9.17, 15) is 13.2 Å². The van der Waals surface area contributed by atoms with Crippen molar-refractivity contribution in [3.8, 4) is 0 Å². The molecule has 23 heavy (non-hydrogen) atoms. The predicted molar refractivity (Wildman–Crippen MR) is 92.1 cm³/mol. The summed E-state index contributed by atoms with van der Waals surface area (Å²) in [5.74, 6) is 0. The van der Waals surface area contributed by atoms with Crippen molar-refractivity contribution in [2.45, 2.75) is 55.8 Å². The van der Waals surface area contributed by atoms with E-state index in [0.29, 0.717) is 30.1 Å². The number of hydrogen-bond acceptors (Lipinski definition) is 4. The molecule has 1 aliphatic heterocycles. The molecule has 1 aliphatic rings. The van der Waals surface area contributed by atoms with Crippen LogP contribution < -0.4 is 10.0 Å². The van der Waals surface area contributed by atoms with Crippen LogP contribution in [0.25, 0.3) is 0 Å². The smallest absolute Gasteiger partial charge is 0.317 e. The minimum Gasteiger partial charge on any atom is -0.335 e. The van der Waals surface area contributed by atoms with E-state index in [-0.39, 0.29) is 18.1 Å². The Kier molecular flexibility index (Phi) is 6.43. The first-order valence-corrected chi connectivity index (χ1v) is 10.4. The van der Waals surface area contributed by atoms with Crippen LogP contribution in [-0.4, -0.2) is 44.5 Å². The number of sulfonamides is 1. The third kappa shape index (κ3) is 4.92. The van der Waals surface area contributed by atoms with Gasteiger partial charge >= 0.3 is 6.03 Å². The first kappa shape index (κ1) is 18.2. The van der Waals surface area contributed by atoms with E-state index < -0.39 is 10.0 Å². The second kappa shape index (κ2) is 8.12. The van der Waals surface area contributed by atoms with Gasteiger partial charge in [-0.05, 0) is 37.1 Å². The summed E-state index contributed by atoms with van der Waals surface area (Å²) in [6.45, 7) is 5.26. The largest absolute Gasteiger partial charge is 0.335 e. The van der Waals surface area contributed by atoms with Crippen molar-refractivity contribution in [1.29, 1.82) is 0 Å². The molecule has 1 saturated heterocycles. The zero-order valence-electron chi connectivity index (χ0n) is 13.6. The molecule has 0 spiro atoms. The molecule has 2 rings (SSSR count). The zero-order chi connectivity index (χ0) is 16.9. The molecular formula is C15H25N3O3S2. The Morgan fingerprint density at radius 2 is 2.00 bits per heavy atom. The second-order valence-electron chi connectivity index (χ2n) is 5.78. The van der Waals surface area contributed by atoms with Crippen LogP contribution >= 0.6 is 11.3 Å². The molecule has 0 atom stereocenters. The Hall–Kier alpha value is -1.12. The van der Waals surface area contributed by atoms with E-state index in [0.717, 1.165) is 12.8 Å². The molecule has 0 aliphatic carbocycles. The number of nitrogens with zero attached hydrogens (tertiary/aromatic N) is 1. The summed E-state index contributed by atoms with van der Waals surface area (Å²) < 4.78 is 27.5. The first-order chi connectivity index (χ1) is 11.0. The molecule has 2 amide bonds. The number of likely N-dealkylation sites (tertiary alicyclic amines) is 1. The van der Waals surface area contributed by atoms with Crippen LogP contribution in [-0.2, 0) is 10.0 Å². The van der Waals surface area contributed by atoms with Crippen molar-refractivity contribution in [3.63, 3.8) is 0 Å². The molecule has 0 unspecified atom stereocenters. The van der Waals surface area contributed by atoms with Gasteiger partial charge in [0.25, 0.3) is 0 Å². The second-order valence-corrected chi connectivity index (χ2v) is 8.67. The standard InChI is InChI=1S/C15H25N3O3S2/c1-3-12(4-2)16-15(19)18-9-7-13(8-10-18)17-23(20,21)14-6-5-11-22-14/h5-6,11-13,17H,3-4,7-10H2,1-2H3,(H,16,19). The van der Waals surface area contributed by atoms with Crippen molar-refractivity contribution in [1.82, 2.24) is 14.9 Å². The highest BCUT2D eigenvalue weighted by molar-refractivity contribution is 7.91. The maximum Gasteiger partial charge on any atom is 0.317 e. The van der Waals surface area contributed by atoms with Crippen molar-refractivity contribution in [3.05, 3.63) is 17.5 Å². The molecule has 0 bridgehead atoms. The van der Waals surface area contributed by atoms with Crippen molar-refractivity contribution in [2.24, 2.45) is 0 Å². The Bertz CT molecular complexity index is 589. The lowest BCUT2D eigenvalue weighted by Gasteiger charge is -2.33. The number of carbonyl (C=O) groups is 1. The van der Waals surface area contributed by atoms with E-state index in [1.54, 1.807) is 22.4 Å². The number of thiophene rings is 1. The number of piperidine rings is 1. The third-order valence-electron chi connectivity index (χ3n) is 4.18. The molecule has 0 aromatic carbocycles. The van der Waals surface area contributed by atoms with Crippen molar-refractivity contribution < 1.29 is 13.2 Å². The first-order valence-electron chi connectivity index (χ1n) is 8.07. The number of nitrogens with one attached hydrogen (secondary N) is 2. The molecular weight excluding hydrogens is 334 g/mol. The van der Waals surface area contributed by atoms with Gasteiger partial charge in [-0.25, -0.2) is 17.9 Å². The molecule has 1 aromatic rings. The molecule has 8 heteroatoms. The normalized spacial score (nSPS) is 16.7. The van der Waals surface area contributed by atoms with Crippen LogP contribution in [0.3, 0.4) is 0 Å². The minimum atomic E-state index is -3.43. The highest BCUT2D eigenvalue weighted by Gasteiger charge is 2.27. The van der Waals surface area contributed by atoms with Gasteiger partial charge in [-0.15, -0.1) is 11.3 Å². The minimum absolute atomic E-state index is 0.0433. The maximum atomic E-state index is 12.2. The Balaban J connectivity index is 1.83. The summed E-state index contributed by atoms with van der Waals surface area (Å²) in [4.78, 5) is 14.0. The van der Waals surface area contributed by atoms with Crippen LogP contribution in [0.15, 0.2) is 21.7 Å². The van der Waals surface area contributed by atoms with Gasteiger partial charge in [0.15, 0.2) is 0 Å². The summed E-state index contributed by atoms with van der Waals surface area (Å²) in [6.07, 6.45) is 3.11. The monoisotopic (exact) mass is 359 g/mol. The van der Waals surface area contributed by atoms with Gasteiger partial charge < -0.3 is 10.2 Å². The van der Waals surface area contributed by atoms with E-state index >= 15 is 0 Å². The Labute approximate surface area is 142 Å². The van der Waals surface area contributed by atoms with Gasteiger partial charge in [0.2, 0.25) is 10.0 Å². The van der Waals surface area contributed by atoms with Crippen molar-refractivity contribution >= 4 is 27.4 Å². The Morgan fingerprint density at radius 1 is 1.35 bits per heavy atom. The van der Waals surface area contributed by atoms with Crippen LogP contribution in [0.5, 0.6) is 0 Å². The average molecular weight is 360 g/mol. The van der Waals surface area contributed by atoms with E-state index in [2.05, 4.69) is 23.9 Å². The number of rotatable bonds is 6. The highest BCUT2D eigenvalue weighted by Crippen LogP contribution is 2.18. The number of amides is 2. The third-order valence-corrected chi connectivity index (χ3v) is 7.10. The molecule has 2 heterocycles. The van der Waals surface area contributed by atoms with Gasteiger partial charge in [0, 0.05) is 25.2 Å². The molecule has 0 radical (unpaired) electrons. The lowest BCUT2D eigenvalue weighted by atomic mass is 10.1.